The van der Waals surface area contributed by atoms with Gasteiger partial charge in [0.2, 0.25) is 20.9 Å². The summed E-state index contributed by atoms with van der Waals surface area (Å²) < 4.78 is 93.5. The van der Waals surface area contributed by atoms with Gasteiger partial charge >= 0.3 is 0 Å². The Morgan fingerprint density at radius 3 is 2.11 bits per heavy atom. The summed E-state index contributed by atoms with van der Waals surface area (Å²) in [6.45, 7) is -1.59. The van der Waals surface area contributed by atoms with Crippen molar-refractivity contribution in [2.24, 2.45) is 4.99 Å². The second-order valence-electron chi connectivity index (χ2n) is 10.2. The summed E-state index contributed by atoms with van der Waals surface area (Å²) in [6.07, 6.45) is -8.58. The third-order valence-corrected chi connectivity index (χ3v) is 9.48. The van der Waals surface area contributed by atoms with Crippen LogP contribution in [0.3, 0.4) is 0 Å². The Kier molecular flexibility index (Phi) is 7.37. The van der Waals surface area contributed by atoms with Crippen molar-refractivity contribution in [1.82, 2.24) is 29.1 Å². The van der Waals surface area contributed by atoms with E-state index in [2.05, 4.69) is 24.9 Å². The number of hydrogen-bond donors (Lipinski definition) is 1. The van der Waals surface area contributed by atoms with E-state index in [9.17, 15) is 13.9 Å². The number of nitrogen functional groups attached to an aromatic ring is 1. The summed E-state index contributed by atoms with van der Waals surface area (Å²) in [4.78, 5) is 32.0. The lowest BCUT2D eigenvalue weighted by molar-refractivity contribution is -0.0554. The van der Waals surface area contributed by atoms with Gasteiger partial charge in [-0.15, -0.1) is 0 Å². The quantitative estimate of drug-likeness (QED) is 0.300. The first kappa shape index (κ1) is 29.8. The molecular weight excluding hydrogens is 630 g/mol. The molecule has 4 radical (unpaired) electrons. The second kappa shape index (κ2) is 10.9. The Balaban J connectivity index is 1.16. The van der Waals surface area contributed by atoms with E-state index < -0.39 is 77.4 Å². The predicted molar refractivity (Wildman–Crippen MR) is 145 cm³/mol. The number of ketones is 1. The van der Waals surface area contributed by atoms with Gasteiger partial charge in [0.1, 0.15) is 48.5 Å². The van der Waals surface area contributed by atoms with Gasteiger partial charge < -0.3 is 33.3 Å². The van der Waals surface area contributed by atoms with E-state index in [4.69, 9.17) is 48.4 Å². The first-order valence-corrected chi connectivity index (χ1v) is 16.2. The molecule has 0 aromatic carbocycles. The zero-order valence-electron chi connectivity index (χ0n) is 22.2. The van der Waals surface area contributed by atoms with Crippen molar-refractivity contribution in [2.75, 3.05) is 25.5 Å². The molecule has 3 aromatic rings. The zero-order chi connectivity index (χ0) is 31.0. The van der Waals surface area contributed by atoms with Gasteiger partial charge in [-0.2, -0.15) is 0 Å². The van der Waals surface area contributed by atoms with Crippen LogP contribution in [0.25, 0.3) is 11.2 Å². The van der Waals surface area contributed by atoms with Crippen LogP contribution in [0.15, 0.2) is 24.0 Å². The smallest absolute Gasteiger partial charge is 0.264 e. The Hall–Kier alpha value is -2.89. The number of carbonyl (C=O) groups is 1. The molecule has 4 aliphatic rings. The SMILES string of the molecule is [B]P1(=O)OC[C@H]2O[C@@H](n3cnc4c(N)ncnc43)C(F)[C@H]2OP([B])(=O)OC[C@H]2O[C@@H](n3cnc4c3C=NCC4=O)[C@@H](F)C2O1. The van der Waals surface area contributed by atoms with E-state index in [-0.39, 0.29) is 40.7 Å². The van der Waals surface area contributed by atoms with Crippen LogP contribution in [0, 0.1) is 0 Å². The molecule has 23 heteroatoms. The average Bonchev–Trinajstić information content (AvgIpc) is 3.73. The molecule has 2 N–H and O–H groups in total. The molecule has 0 amide bonds. The van der Waals surface area contributed by atoms with E-state index in [0.717, 1.165) is 6.33 Å². The minimum absolute atomic E-state index is 0.0324. The van der Waals surface area contributed by atoms with Crippen LogP contribution in [-0.4, -0.2) is 113 Å². The summed E-state index contributed by atoms with van der Waals surface area (Å²) in [7, 11) is 2.41. The number of fused-ring (bicyclic) bond motifs is 4. The zero-order valence-corrected chi connectivity index (χ0v) is 24.0. The first-order valence-electron chi connectivity index (χ1n) is 13.0. The lowest BCUT2D eigenvalue weighted by Crippen LogP contribution is -2.37. The third-order valence-electron chi connectivity index (χ3n) is 7.39. The Morgan fingerprint density at radius 1 is 0.886 bits per heavy atom. The minimum Gasteiger partial charge on any atom is -0.382 e. The standard InChI is InChI=1S/C21H20B2F2N8O9P2/c22-43(35)38-4-11-17(13(25)21(40-11)33-7-31-15-18(26)28-5-29-19(15)33)42-44(23,36)37-3-10-16(41-43)12(24)20(39-10)32-6-30-14-8(32)1-27-2-9(14)34/h1,5-7,10-13,16-17,20-21H,2-4H2,(H2,26,28,29)/t10-,11-,12+,13?,16?,17+,20-,21-,43?,44?/m1/s1. The van der Waals surface area contributed by atoms with Crippen molar-refractivity contribution in [3.63, 3.8) is 0 Å². The van der Waals surface area contributed by atoms with E-state index in [0.29, 0.717) is 0 Å². The van der Waals surface area contributed by atoms with Crippen molar-refractivity contribution < 1.29 is 50.3 Å². The molecule has 3 fully saturated rings. The largest absolute Gasteiger partial charge is 0.382 e. The highest BCUT2D eigenvalue weighted by molar-refractivity contribution is 7.79. The number of imidazole rings is 2. The van der Waals surface area contributed by atoms with E-state index in [1.54, 1.807) is 0 Å². The summed E-state index contributed by atoms with van der Waals surface area (Å²) in [6, 6.07) is 0. The number of aliphatic imine (C=N–C) groups is 1. The number of Topliss-reactive ketones (excluding diaryl/α,β-unsaturated/α-hetero) is 1. The molecule has 0 spiro atoms. The van der Waals surface area contributed by atoms with Crippen LogP contribution in [0.1, 0.15) is 28.6 Å². The van der Waals surface area contributed by atoms with Gasteiger partial charge in [-0.05, 0) is 0 Å². The molecule has 228 valence electrons. The maximum atomic E-state index is 15.9. The highest BCUT2D eigenvalue weighted by atomic mass is 31.2. The second-order valence-corrected chi connectivity index (χ2v) is 13.3. The molecule has 4 aliphatic heterocycles. The van der Waals surface area contributed by atoms with Crippen LogP contribution < -0.4 is 5.73 Å². The molecule has 3 saturated heterocycles. The summed E-state index contributed by atoms with van der Waals surface area (Å²) in [5, 5.41) is 0. The Labute approximate surface area is 248 Å². The van der Waals surface area contributed by atoms with Crippen LogP contribution in [-0.2, 0) is 36.7 Å². The van der Waals surface area contributed by atoms with E-state index in [1.165, 1.54) is 28.0 Å². The Morgan fingerprint density at radius 2 is 1.48 bits per heavy atom. The van der Waals surface area contributed by atoms with Gasteiger partial charge in [-0.25, -0.2) is 28.7 Å². The molecule has 17 nitrogen and oxygen atoms in total. The van der Waals surface area contributed by atoms with Crippen molar-refractivity contribution in [2.45, 2.75) is 49.2 Å². The number of anilines is 1. The average molecular weight is 650 g/mol. The van der Waals surface area contributed by atoms with Gasteiger partial charge in [0.05, 0.1) is 31.6 Å². The van der Waals surface area contributed by atoms with Crippen molar-refractivity contribution in [3.8, 4) is 0 Å². The monoisotopic (exact) mass is 650 g/mol. The maximum absolute atomic E-state index is 15.9. The molecule has 7 heterocycles. The molecular formula is C21H20B2F2N8O9P2. The number of ether oxygens (including phenoxy) is 2. The molecule has 0 bridgehead atoms. The van der Waals surface area contributed by atoms with Crippen molar-refractivity contribution in [3.05, 3.63) is 30.4 Å². The first-order chi connectivity index (χ1) is 20.9. The van der Waals surface area contributed by atoms with Crippen LogP contribution in [0.4, 0.5) is 14.6 Å². The molecule has 7 rings (SSSR count). The highest BCUT2D eigenvalue weighted by Crippen LogP contribution is 2.54. The summed E-state index contributed by atoms with van der Waals surface area (Å²) in [5.41, 5.74) is 6.32. The number of nitrogens with two attached hydrogens (primary N) is 1. The number of halogens is 2. The summed E-state index contributed by atoms with van der Waals surface area (Å²) >= 11 is 0. The minimum atomic E-state index is -4.60. The third kappa shape index (κ3) is 5.14. The fourth-order valence-electron chi connectivity index (χ4n) is 5.37. The van der Waals surface area contributed by atoms with Gasteiger partial charge in [-0.1, -0.05) is 0 Å². The number of alkyl halides is 2. The molecule has 0 saturated carbocycles. The fourth-order valence-corrected chi connectivity index (χ4v) is 7.39. The van der Waals surface area contributed by atoms with Crippen molar-refractivity contribution >= 4 is 59.1 Å². The van der Waals surface area contributed by atoms with Crippen LogP contribution >= 0.6 is 14.9 Å². The Bertz CT molecular complexity index is 1760. The maximum Gasteiger partial charge on any atom is 0.264 e. The van der Waals surface area contributed by atoms with E-state index in [1.807, 2.05) is 0 Å². The lowest BCUT2D eigenvalue weighted by Gasteiger charge is -2.29. The fraction of sp³-hybridized carbons (Fsp3) is 0.524. The van der Waals surface area contributed by atoms with Crippen LogP contribution in [0.5, 0.6) is 0 Å². The van der Waals surface area contributed by atoms with Gasteiger partial charge in [0.15, 0.2) is 36.3 Å². The van der Waals surface area contributed by atoms with Crippen LogP contribution in [0.2, 0.25) is 0 Å². The lowest BCUT2D eigenvalue weighted by atomic mass is 10.1. The molecule has 4 unspecified atom stereocenters. The number of nitrogens with zero attached hydrogens (tertiary/aromatic N) is 7. The van der Waals surface area contributed by atoms with Gasteiger partial charge in [0, 0.05) is 6.21 Å². The molecule has 0 aliphatic carbocycles. The molecule has 10 atom stereocenters. The summed E-state index contributed by atoms with van der Waals surface area (Å²) in [5.74, 6) is -0.355. The van der Waals surface area contributed by atoms with Gasteiger partial charge in [-0.3, -0.25) is 28.1 Å². The van der Waals surface area contributed by atoms with E-state index >= 15 is 8.78 Å². The van der Waals surface area contributed by atoms with Gasteiger partial charge in [0.25, 0.3) is 14.9 Å². The number of aromatic nitrogens is 6. The highest BCUT2D eigenvalue weighted by Gasteiger charge is 2.53. The predicted octanol–water partition coefficient (Wildman–Crippen LogP) is 0.762. The molecule has 44 heavy (non-hydrogen) atoms. The number of rotatable bonds is 2. The number of carbonyl (C=O) groups excluding carboxylic acids is 1. The number of hydrogen-bond acceptors (Lipinski definition) is 15. The molecule has 3 aromatic heterocycles. The normalized spacial score (nSPS) is 39.4. The van der Waals surface area contributed by atoms with Crippen molar-refractivity contribution in [1.29, 1.82) is 0 Å². The topological polar surface area (TPSA) is 206 Å².